The fourth-order valence-corrected chi connectivity index (χ4v) is 2.57. The van der Waals surface area contributed by atoms with Crippen LogP contribution < -0.4 is 5.32 Å². The van der Waals surface area contributed by atoms with Crippen molar-refractivity contribution < 1.29 is 14.6 Å². The number of nitrogens with one attached hydrogen (secondary N) is 1. The Kier molecular flexibility index (Phi) is 4.48. The fraction of sp³-hybridized carbons (Fsp3) is 0.929. The molecule has 0 aromatic heterocycles. The predicted octanol–water partition coefficient (Wildman–Crippen LogP) is 1.08. The highest BCUT2D eigenvalue weighted by atomic mass is 16.5. The molecule has 19 heavy (non-hydrogen) atoms. The predicted molar refractivity (Wildman–Crippen MR) is 73.3 cm³/mol. The lowest BCUT2D eigenvalue weighted by Crippen LogP contribution is -2.54. The first-order chi connectivity index (χ1) is 8.90. The summed E-state index contributed by atoms with van der Waals surface area (Å²) in [6, 6.07) is 0.775. The number of carboxylic acids is 1. The number of nitrogens with zero attached hydrogens (tertiary/aromatic N) is 1. The molecule has 0 radical (unpaired) electrons. The summed E-state index contributed by atoms with van der Waals surface area (Å²) in [5, 5.41) is 12.7. The molecule has 2 aliphatic rings. The van der Waals surface area contributed by atoms with Crippen LogP contribution in [0.2, 0.25) is 0 Å². The van der Waals surface area contributed by atoms with Crippen LogP contribution in [0.4, 0.5) is 0 Å². The summed E-state index contributed by atoms with van der Waals surface area (Å²) < 4.78 is 5.60. The van der Waals surface area contributed by atoms with E-state index in [1.54, 1.807) is 0 Å². The Morgan fingerprint density at radius 2 is 2.16 bits per heavy atom. The monoisotopic (exact) mass is 270 g/mol. The lowest BCUT2D eigenvalue weighted by Gasteiger charge is -2.38. The molecule has 3 atom stereocenters. The Labute approximate surface area is 115 Å². The fourth-order valence-electron chi connectivity index (χ4n) is 2.57. The van der Waals surface area contributed by atoms with Crippen LogP contribution in [0.15, 0.2) is 0 Å². The summed E-state index contributed by atoms with van der Waals surface area (Å²) in [7, 11) is 0. The van der Waals surface area contributed by atoms with Gasteiger partial charge in [-0.2, -0.15) is 0 Å². The van der Waals surface area contributed by atoms with Gasteiger partial charge < -0.3 is 9.84 Å². The largest absolute Gasteiger partial charge is 0.480 e. The second-order valence-electron chi connectivity index (χ2n) is 6.29. The molecule has 0 aromatic rings. The maximum Gasteiger partial charge on any atom is 0.323 e. The molecule has 0 spiro atoms. The number of carboxylic acid groups (broad SMARTS) is 1. The molecule has 2 N–H and O–H groups in total. The van der Waals surface area contributed by atoms with Gasteiger partial charge in [0.05, 0.1) is 12.7 Å². The van der Waals surface area contributed by atoms with Crippen molar-refractivity contribution in [3.05, 3.63) is 0 Å². The second-order valence-corrected chi connectivity index (χ2v) is 6.29. The van der Waals surface area contributed by atoms with Gasteiger partial charge in [-0.1, -0.05) is 0 Å². The van der Waals surface area contributed by atoms with E-state index in [2.05, 4.69) is 24.1 Å². The first kappa shape index (κ1) is 14.8. The van der Waals surface area contributed by atoms with Gasteiger partial charge in [0.1, 0.15) is 5.54 Å². The maximum atomic E-state index is 11.5. The molecule has 1 saturated carbocycles. The Morgan fingerprint density at radius 3 is 2.74 bits per heavy atom. The summed E-state index contributed by atoms with van der Waals surface area (Å²) in [6.07, 6.45) is 3.08. The third-order valence-electron chi connectivity index (χ3n) is 4.21. The molecule has 0 bridgehead atoms. The summed E-state index contributed by atoms with van der Waals surface area (Å²) in [6.45, 7) is 8.44. The Bertz CT molecular complexity index is 333. The van der Waals surface area contributed by atoms with Crippen molar-refractivity contribution in [2.24, 2.45) is 0 Å². The van der Waals surface area contributed by atoms with Crippen LogP contribution in [0.3, 0.4) is 0 Å². The third-order valence-corrected chi connectivity index (χ3v) is 4.21. The average molecular weight is 270 g/mol. The zero-order valence-electron chi connectivity index (χ0n) is 12.2. The van der Waals surface area contributed by atoms with Gasteiger partial charge in [-0.3, -0.25) is 15.0 Å². The summed E-state index contributed by atoms with van der Waals surface area (Å²) in [4.78, 5) is 13.8. The minimum Gasteiger partial charge on any atom is -0.480 e. The molecule has 2 fully saturated rings. The van der Waals surface area contributed by atoms with E-state index in [0.717, 1.165) is 32.5 Å². The molecule has 5 heteroatoms. The van der Waals surface area contributed by atoms with Crippen LogP contribution in [-0.2, 0) is 9.53 Å². The van der Waals surface area contributed by atoms with E-state index in [-0.39, 0.29) is 6.10 Å². The van der Waals surface area contributed by atoms with E-state index >= 15 is 0 Å². The molecular formula is C14H26N2O3. The Hall–Kier alpha value is -0.650. The van der Waals surface area contributed by atoms with Crippen molar-refractivity contribution in [2.45, 2.75) is 63.8 Å². The first-order valence-electron chi connectivity index (χ1n) is 7.27. The molecule has 0 amide bonds. The van der Waals surface area contributed by atoms with Crippen molar-refractivity contribution in [1.29, 1.82) is 0 Å². The molecule has 0 aromatic carbocycles. The quantitative estimate of drug-likeness (QED) is 0.756. The van der Waals surface area contributed by atoms with Crippen molar-refractivity contribution in [1.82, 2.24) is 10.2 Å². The van der Waals surface area contributed by atoms with Gasteiger partial charge in [0.15, 0.2) is 0 Å². The summed E-state index contributed by atoms with van der Waals surface area (Å²) in [5.41, 5.74) is -0.803. The lowest BCUT2D eigenvalue weighted by molar-refractivity contribution is -0.145. The van der Waals surface area contributed by atoms with E-state index < -0.39 is 11.5 Å². The van der Waals surface area contributed by atoms with E-state index in [1.807, 2.05) is 6.92 Å². The van der Waals surface area contributed by atoms with E-state index in [0.29, 0.717) is 18.5 Å². The molecule has 5 nitrogen and oxygen atoms in total. The normalized spacial score (nSPS) is 31.9. The van der Waals surface area contributed by atoms with Crippen molar-refractivity contribution >= 4 is 5.97 Å². The molecule has 1 heterocycles. The smallest absolute Gasteiger partial charge is 0.323 e. The molecule has 1 aliphatic heterocycles. The topological polar surface area (TPSA) is 61.8 Å². The number of ether oxygens (including phenoxy) is 1. The number of carbonyl (C=O) groups is 1. The molecule has 1 saturated heterocycles. The molecular weight excluding hydrogens is 244 g/mol. The van der Waals surface area contributed by atoms with Crippen molar-refractivity contribution in [2.75, 3.05) is 19.7 Å². The van der Waals surface area contributed by atoms with E-state index in [1.165, 1.54) is 0 Å². The first-order valence-corrected chi connectivity index (χ1v) is 7.27. The lowest BCUT2D eigenvalue weighted by atomic mass is 9.96. The molecule has 3 unspecified atom stereocenters. The van der Waals surface area contributed by atoms with Crippen LogP contribution in [-0.4, -0.2) is 59.4 Å². The highest BCUT2D eigenvalue weighted by Gasteiger charge is 2.39. The van der Waals surface area contributed by atoms with Gasteiger partial charge in [0.2, 0.25) is 0 Å². The van der Waals surface area contributed by atoms with Crippen LogP contribution in [0, 0.1) is 0 Å². The molecule has 110 valence electrons. The number of aliphatic carboxylic acids is 1. The standard InChI is InChI=1S/C14H26N2O3/c1-10-9-19-11(2)8-16(10)7-6-14(3,13(17)18)15-12-4-5-12/h10-12,15H,4-9H2,1-3H3,(H,17,18). The van der Waals surface area contributed by atoms with Gasteiger partial charge in [-0.05, 0) is 40.0 Å². The number of rotatable bonds is 6. The number of hydrogen-bond acceptors (Lipinski definition) is 4. The SMILES string of the molecule is CC1CN(CCC(C)(NC2CC2)C(=O)O)C(C)CO1. The zero-order valence-corrected chi connectivity index (χ0v) is 12.2. The van der Waals surface area contributed by atoms with E-state index in [4.69, 9.17) is 4.74 Å². The highest BCUT2D eigenvalue weighted by Crippen LogP contribution is 2.25. The third kappa shape index (κ3) is 3.91. The summed E-state index contributed by atoms with van der Waals surface area (Å²) in [5.74, 6) is -0.742. The van der Waals surface area contributed by atoms with Crippen LogP contribution >= 0.6 is 0 Å². The van der Waals surface area contributed by atoms with Gasteiger partial charge >= 0.3 is 5.97 Å². The van der Waals surface area contributed by atoms with Crippen LogP contribution in [0.1, 0.15) is 40.0 Å². The second kappa shape index (κ2) is 5.77. The minimum absolute atomic E-state index is 0.240. The maximum absolute atomic E-state index is 11.5. The molecule has 2 rings (SSSR count). The minimum atomic E-state index is -0.803. The van der Waals surface area contributed by atoms with Crippen molar-refractivity contribution in [3.63, 3.8) is 0 Å². The van der Waals surface area contributed by atoms with Crippen LogP contribution in [0.25, 0.3) is 0 Å². The highest BCUT2D eigenvalue weighted by molar-refractivity contribution is 5.78. The zero-order chi connectivity index (χ0) is 14.0. The average Bonchev–Trinajstić information content (AvgIpc) is 3.14. The Morgan fingerprint density at radius 1 is 1.47 bits per heavy atom. The van der Waals surface area contributed by atoms with Gasteiger partial charge in [-0.25, -0.2) is 0 Å². The number of hydrogen-bond donors (Lipinski definition) is 2. The van der Waals surface area contributed by atoms with Crippen LogP contribution in [0.5, 0.6) is 0 Å². The molecule has 1 aliphatic carbocycles. The van der Waals surface area contributed by atoms with Gasteiger partial charge in [-0.15, -0.1) is 0 Å². The number of morpholine rings is 1. The van der Waals surface area contributed by atoms with E-state index in [9.17, 15) is 9.90 Å². The summed E-state index contributed by atoms with van der Waals surface area (Å²) >= 11 is 0. The van der Waals surface area contributed by atoms with Gasteiger partial charge in [0, 0.05) is 25.2 Å². The Balaban J connectivity index is 1.88. The van der Waals surface area contributed by atoms with Gasteiger partial charge in [0.25, 0.3) is 0 Å². The van der Waals surface area contributed by atoms with Crippen molar-refractivity contribution in [3.8, 4) is 0 Å².